The van der Waals surface area contributed by atoms with Crippen molar-refractivity contribution in [2.75, 3.05) is 37.1 Å². The maximum atomic E-state index is 11.7. The number of anilines is 2. The highest BCUT2D eigenvalue weighted by Gasteiger charge is 2.19. The summed E-state index contributed by atoms with van der Waals surface area (Å²) in [5, 5.41) is 3.23. The molecule has 0 radical (unpaired) electrons. The Morgan fingerprint density at radius 2 is 2.39 bits per heavy atom. The number of amides is 1. The van der Waals surface area contributed by atoms with E-state index in [9.17, 15) is 4.79 Å². The van der Waals surface area contributed by atoms with Crippen LogP contribution in [0.4, 0.5) is 11.4 Å². The number of rotatable bonds is 5. The van der Waals surface area contributed by atoms with Gasteiger partial charge in [-0.25, -0.2) is 0 Å². The van der Waals surface area contributed by atoms with E-state index in [0.29, 0.717) is 28.1 Å². The first-order valence-electron chi connectivity index (χ1n) is 5.61. The molecule has 0 spiro atoms. The predicted octanol–water partition coefficient (Wildman–Crippen LogP) is 1.35. The Hall–Kier alpha value is -1.40. The van der Waals surface area contributed by atoms with Crippen LogP contribution in [-0.4, -0.2) is 37.2 Å². The number of nitrogen functional groups attached to an aromatic ring is 1. The second-order valence-electron chi connectivity index (χ2n) is 3.97. The molecule has 0 unspecified atom stereocenters. The van der Waals surface area contributed by atoms with E-state index in [1.54, 1.807) is 37.1 Å². The monoisotopic (exact) mass is 268 g/mol. The summed E-state index contributed by atoms with van der Waals surface area (Å²) in [6.07, 6.45) is 0. The van der Waals surface area contributed by atoms with Crippen LogP contribution in [0, 0.1) is 0 Å². The van der Waals surface area contributed by atoms with Crippen molar-refractivity contribution in [1.82, 2.24) is 0 Å². The standard InChI is InChI=1S/C12H16N2O3S/c1-16-8-2-3-11(10(13)4-8)14-12(15)7-18-9-5-17-6-9/h2-4,9H,5-7,13H2,1H3,(H,14,15). The SMILES string of the molecule is COc1ccc(NC(=O)CSC2COC2)c(N)c1. The first-order chi connectivity index (χ1) is 8.69. The molecule has 1 aromatic rings. The lowest BCUT2D eigenvalue weighted by atomic mass is 10.2. The third-order valence-electron chi connectivity index (χ3n) is 2.59. The fourth-order valence-electron chi connectivity index (χ4n) is 1.47. The highest BCUT2D eigenvalue weighted by atomic mass is 32.2. The van der Waals surface area contributed by atoms with E-state index in [2.05, 4.69) is 5.32 Å². The zero-order valence-corrected chi connectivity index (χ0v) is 11.0. The van der Waals surface area contributed by atoms with Crippen LogP contribution in [-0.2, 0) is 9.53 Å². The molecule has 1 aliphatic rings. The summed E-state index contributed by atoms with van der Waals surface area (Å²) >= 11 is 1.60. The fraction of sp³-hybridized carbons (Fsp3) is 0.417. The first-order valence-corrected chi connectivity index (χ1v) is 6.66. The van der Waals surface area contributed by atoms with Gasteiger partial charge in [0, 0.05) is 6.07 Å². The van der Waals surface area contributed by atoms with Crippen LogP contribution in [0.3, 0.4) is 0 Å². The Kier molecular flexibility index (Phi) is 4.33. The molecule has 2 rings (SSSR count). The molecule has 0 atom stereocenters. The molecule has 1 saturated heterocycles. The van der Waals surface area contributed by atoms with Gasteiger partial charge in [0.25, 0.3) is 0 Å². The van der Waals surface area contributed by atoms with Crippen LogP contribution in [0.5, 0.6) is 5.75 Å². The number of nitrogens with one attached hydrogen (secondary N) is 1. The molecule has 5 nitrogen and oxygen atoms in total. The number of nitrogens with two attached hydrogens (primary N) is 1. The molecular formula is C12H16N2O3S. The average molecular weight is 268 g/mol. The van der Waals surface area contributed by atoms with Gasteiger partial charge in [-0.05, 0) is 12.1 Å². The molecule has 98 valence electrons. The Labute approximate surface area is 110 Å². The molecule has 1 heterocycles. The van der Waals surface area contributed by atoms with Crippen molar-refractivity contribution in [1.29, 1.82) is 0 Å². The minimum absolute atomic E-state index is 0.0521. The Morgan fingerprint density at radius 1 is 1.61 bits per heavy atom. The Morgan fingerprint density at radius 3 is 2.94 bits per heavy atom. The number of carbonyl (C=O) groups excluding carboxylic acids is 1. The number of carbonyl (C=O) groups is 1. The minimum Gasteiger partial charge on any atom is -0.497 e. The molecule has 1 amide bonds. The Balaban J connectivity index is 1.85. The van der Waals surface area contributed by atoms with Crippen molar-refractivity contribution in [3.63, 3.8) is 0 Å². The summed E-state index contributed by atoms with van der Waals surface area (Å²) in [6.45, 7) is 1.48. The Bertz CT molecular complexity index is 435. The van der Waals surface area contributed by atoms with Gasteiger partial charge in [-0.15, -0.1) is 11.8 Å². The molecule has 0 aliphatic carbocycles. The molecule has 3 N–H and O–H groups in total. The second-order valence-corrected chi connectivity index (χ2v) is 5.26. The largest absolute Gasteiger partial charge is 0.497 e. The maximum absolute atomic E-state index is 11.7. The van der Waals surface area contributed by atoms with E-state index in [4.69, 9.17) is 15.2 Å². The van der Waals surface area contributed by atoms with Gasteiger partial charge in [-0.2, -0.15) is 0 Å². The number of hydrogen-bond donors (Lipinski definition) is 2. The molecule has 0 bridgehead atoms. The summed E-state index contributed by atoms with van der Waals surface area (Å²) in [5.74, 6) is 1.04. The second kappa shape index (κ2) is 5.97. The van der Waals surface area contributed by atoms with Crippen LogP contribution in [0.25, 0.3) is 0 Å². The van der Waals surface area contributed by atoms with Gasteiger partial charge in [0.15, 0.2) is 0 Å². The van der Waals surface area contributed by atoms with Crippen molar-refractivity contribution in [2.45, 2.75) is 5.25 Å². The van der Waals surface area contributed by atoms with Crippen molar-refractivity contribution >= 4 is 29.0 Å². The van der Waals surface area contributed by atoms with E-state index in [1.807, 2.05) is 0 Å². The minimum atomic E-state index is -0.0521. The highest BCUT2D eigenvalue weighted by Crippen LogP contribution is 2.25. The predicted molar refractivity (Wildman–Crippen MR) is 73.1 cm³/mol. The maximum Gasteiger partial charge on any atom is 0.234 e. The van der Waals surface area contributed by atoms with Crippen molar-refractivity contribution < 1.29 is 14.3 Å². The number of thioether (sulfide) groups is 1. The lowest BCUT2D eigenvalue weighted by molar-refractivity contribution is -0.113. The van der Waals surface area contributed by atoms with Crippen molar-refractivity contribution in [2.24, 2.45) is 0 Å². The molecule has 1 aliphatic heterocycles. The zero-order chi connectivity index (χ0) is 13.0. The quantitative estimate of drug-likeness (QED) is 0.789. The smallest absolute Gasteiger partial charge is 0.234 e. The number of methoxy groups -OCH3 is 1. The van der Waals surface area contributed by atoms with Crippen LogP contribution in [0.2, 0.25) is 0 Å². The van der Waals surface area contributed by atoms with Crippen molar-refractivity contribution in [3.05, 3.63) is 18.2 Å². The molecule has 0 saturated carbocycles. The molecule has 1 fully saturated rings. The van der Waals surface area contributed by atoms with Crippen LogP contribution < -0.4 is 15.8 Å². The number of benzene rings is 1. The van der Waals surface area contributed by atoms with Gasteiger partial charge < -0.3 is 20.5 Å². The number of ether oxygens (including phenoxy) is 2. The third kappa shape index (κ3) is 3.30. The summed E-state index contributed by atoms with van der Waals surface area (Å²) < 4.78 is 10.1. The van der Waals surface area contributed by atoms with E-state index in [0.717, 1.165) is 13.2 Å². The molecular weight excluding hydrogens is 252 g/mol. The highest BCUT2D eigenvalue weighted by molar-refractivity contribution is 8.00. The van der Waals surface area contributed by atoms with Gasteiger partial charge in [-0.1, -0.05) is 0 Å². The van der Waals surface area contributed by atoms with Gasteiger partial charge in [0.1, 0.15) is 5.75 Å². The first kappa shape index (κ1) is 13.0. The lowest BCUT2D eigenvalue weighted by Gasteiger charge is -2.24. The topological polar surface area (TPSA) is 73.6 Å². The van der Waals surface area contributed by atoms with Crippen molar-refractivity contribution in [3.8, 4) is 5.75 Å². The zero-order valence-electron chi connectivity index (χ0n) is 10.1. The van der Waals surface area contributed by atoms with Crippen LogP contribution >= 0.6 is 11.8 Å². The average Bonchev–Trinajstić information content (AvgIpc) is 2.29. The summed E-state index contributed by atoms with van der Waals surface area (Å²) in [6, 6.07) is 5.19. The fourth-order valence-corrected chi connectivity index (χ4v) is 2.32. The third-order valence-corrected chi connectivity index (χ3v) is 3.76. The van der Waals surface area contributed by atoms with E-state index < -0.39 is 0 Å². The summed E-state index contributed by atoms with van der Waals surface area (Å²) in [4.78, 5) is 11.7. The van der Waals surface area contributed by atoms with Gasteiger partial charge in [0.05, 0.1) is 42.7 Å². The number of hydrogen-bond acceptors (Lipinski definition) is 5. The van der Waals surface area contributed by atoms with Gasteiger partial charge in [0.2, 0.25) is 5.91 Å². The lowest BCUT2D eigenvalue weighted by Crippen LogP contribution is -2.32. The van der Waals surface area contributed by atoms with Gasteiger partial charge in [-0.3, -0.25) is 4.79 Å². The molecule has 6 heteroatoms. The molecule has 18 heavy (non-hydrogen) atoms. The van der Waals surface area contributed by atoms with Crippen LogP contribution in [0.1, 0.15) is 0 Å². The summed E-state index contributed by atoms with van der Waals surface area (Å²) in [7, 11) is 1.57. The normalized spacial score (nSPS) is 14.9. The molecule has 0 aromatic heterocycles. The van der Waals surface area contributed by atoms with E-state index in [-0.39, 0.29) is 5.91 Å². The molecule has 1 aromatic carbocycles. The van der Waals surface area contributed by atoms with Gasteiger partial charge >= 0.3 is 0 Å². The van der Waals surface area contributed by atoms with Crippen LogP contribution in [0.15, 0.2) is 18.2 Å². The summed E-state index contributed by atoms with van der Waals surface area (Å²) in [5.41, 5.74) is 6.93. The van der Waals surface area contributed by atoms with E-state index in [1.165, 1.54) is 0 Å². The van der Waals surface area contributed by atoms with E-state index >= 15 is 0 Å².